The first-order chi connectivity index (χ1) is 9.33. The zero-order chi connectivity index (χ0) is 15.1. The maximum atomic E-state index is 14.4. The second-order valence-electron chi connectivity index (χ2n) is 6.71. The van der Waals surface area contributed by atoms with E-state index >= 15 is 0 Å². The number of hydrogen-bond acceptors (Lipinski definition) is 0. The van der Waals surface area contributed by atoms with Gasteiger partial charge in [0.2, 0.25) is 0 Å². The lowest BCUT2D eigenvalue weighted by Gasteiger charge is -2.44. The average Bonchev–Trinajstić information content (AvgIpc) is 2.74. The Kier molecular flexibility index (Phi) is 4.10. The normalized spacial score (nSPS) is 13.1. The van der Waals surface area contributed by atoms with Gasteiger partial charge in [0.1, 0.15) is 5.82 Å². The summed E-state index contributed by atoms with van der Waals surface area (Å²) in [7, 11) is -1.87. The van der Waals surface area contributed by atoms with E-state index in [0.717, 1.165) is 10.9 Å². The van der Waals surface area contributed by atoms with Crippen LogP contribution in [0.5, 0.6) is 0 Å². The molecule has 0 bridgehead atoms. The first-order valence-electron chi connectivity index (χ1n) is 7.59. The standard InChI is InChI=1S/C17H26FNSi/c1-12(2)20(13(3)4,14(5)6)19-11-10-15-8-7-9-16(18)17(15)19/h7-14H,1-6H3. The van der Waals surface area contributed by atoms with Crippen molar-refractivity contribution in [2.45, 2.75) is 58.2 Å². The maximum Gasteiger partial charge on any atom is 0.169 e. The van der Waals surface area contributed by atoms with Crippen molar-refractivity contribution in [3.8, 4) is 0 Å². The Hall–Kier alpha value is -1.09. The molecule has 0 aliphatic carbocycles. The minimum atomic E-state index is -1.87. The van der Waals surface area contributed by atoms with E-state index in [2.05, 4.69) is 58.0 Å². The molecule has 1 aromatic carbocycles. The van der Waals surface area contributed by atoms with Crippen LogP contribution in [0.1, 0.15) is 41.5 Å². The van der Waals surface area contributed by atoms with E-state index < -0.39 is 8.24 Å². The molecular formula is C17H26FNSi. The van der Waals surface area contributed by atoms with Gasteiger partial charge in [0.15, 0.2) is 8.24 Å². The molecule has 0 saturated carbocycles. The lowest BCUT2D eigenvalue weighted by atomic mass is 10.2. The van der Waals surface area contributed by atoms with Gasteiger partial charge in [-0.2, -0.15) is 0 Å². The molecule has 1 heterocycles. The van der Waals surface area contributed by atoms with Gasteiger partial charge in [-0.3, -0.25) is 0 Å². The highest BCUT2D eigenvalue weighted by atomic mass is 28.3. The van der Waals surface area contributed by atoms with Crippen molar-refractivity contribution >= 4 is 19.1 Å². The van der Waals surface area contributed by atoms with Gasteiger partial charge in [0, 0.05) is 5.39 Å². The molecule has 0 aliphatic rings. The van der Waals surface area contributed by atoms with Crippen LogP contribution < -0.4 is 0 Å². The molecule has 0 saturated heterocycles. The molecule has 1 nitrogen and oxygen atoms in total. The fourth-order valence-corrected chi connectivity index (χ4v) is 10.9. The summed E-state index contributed by atoms with van der Waals surface area (Å²) in [5, 5.41) is 1.02. The van der Waals surface area contributed by atoms with Gasteiger partial charge < -0.3 is 4.23 Å². The van der Waals surface area contributed by atoms with Crippen LogP contribution in [0.3, 0.4) is 0 Å². The van der Waals surface area contributed by atoms with Gasteiger partial charge in [0.05, 0.1) is 5.52 Å². The van der Waals surface area contributed by atoms with Gasteiger partial charge in [-0.25, -0.2) is 4.39 Å². The summed E-state index contributed by atoms with van der Waals surface area (Å²) in [5.74, 6) is -0.0914. The highest BCUT2D eigenvalue weighted by Gasteiger charge is 2.45. The Bertz CT molecular complexity index is 576. The minimum Gasteiger partial charge on any atom is -0.371 e. The van der Waals surface area contributed by atoms with Crippen LogP contribution in [0.15, 0.2) is 30.5 Å². The van der Waals surface area contributed by atoms with Crippen molar-refractivity contribution in [2.75, 3.05) is 0 Å². The second-order valence-corrected chi connectivity index (χ2v) is 12.4. The van der Waals surface area contributed by atoms with Crippen molar-refractivity contribution in [3.05, 3.63) is 36.3 Å². The molecule has 110 valence electrons. The molecule has 0 aliphatic heterocycles. The van der Waals surface area contributed by atoms with Crippen LogP contribution in [0.25, 0.3) is 10.9 Å². The third-order valence-electron chi connectivity index (χ3n) is 4.85. The van der Waals surface area contributed by atoms with Gasteiger partial charge in [0.25, 0.3) is 0 Å². The van der Waals surface area contributed by atoms with Crippen molar-refractivity contribution in [3.63, 3.8) is 0 Å². The molecule has 0 amide bonds. The predicted octanol–water partition coefficient (Wildman–Crippen LogP) is 5.80. The van der Waals surface area contributed by atoms with E-state index in [1.165, 1.54) is 0 Å². The monoisotopic (exact) mass is 291 g/mol. The highest BCUT2D eigenvalue weighted by Crippen LogP contribution is 2.44. The van der Waals surface area contributed by atoms with Crippen LogP contribution in [0.4, 0.5) is 4.39 Å². The number of rotatable bonds is 4. The summed E-state index contributed by atoms with van der Waals surface area (Å²) in [6.07, 6.45) is 2.12. The lowest BCUT2D eigenvalue weighted by Crippen LogP contribution is -2.51. The summed E-state index contributed by atoms with van der Waals surface area (Å²) in [6.45, 7) is 13.8. The topological polar surface area (TPSA) is 4.93 Å². The lowest BCUT2D eigenvalue weighted by molar-refractivity contribution is 0.633. The summed E-state index contributed by atoms with van der Waals surface area (Å²) in [4.78, 5) is 0. The quantitative estimate of drug-likeness (QED) is 0.627. The Morgan fingerprint density at radius 1 is 0.900 bits per heavy atom. The summed E-state index contributed by atoms with van der Waals surface area (Å²) in [5.41, 5.74) is 2.50. The van der Waals surface area contributed by atoms with Crippen molar-refractivity contribution in [2.24, 2.45) is 0 Å². The largest absolute Gasteiger partial charge is 0.371 e. The number of fused-ring (bicyclic) bond motifs is 1. The molecule has 1 aromatic heterocycles. The number of halogens is 1. The number of aromatic nitrogens is 1. The zero-order valence-electron chi connectivity index (χ0n) is 13.4. The smallest absolute Gasteiger partial charge is 0.169 e. The van der Waals surface area contributed by atoms with Gasteiger partial charge in [-0.05, 0) is 35.0 Å². The molecule has 3 heteroatoms. The predicted molar refractivity (Wildman–Crippen MR) is 88.3 cm³/mol. The van der Waals surface area contributed by atoms with Crippen LogP contribution >= 0.6 is 0 Å². The fraction of sp³-hybridized carbons (Fsp3) is 0.529. The Morgan fingerprint density at radius 2 is 1.45 bits per heavy atom. The Labute approximate surface area is 122 Å². The molecule has 0 fully saturated rings. The van der Waals surface area contributed by atoms with E-state index in [-0.39, 0.29) is 5.82 Å². The van der Waals surface area contributed by atoms with Crippen molar-refractivity contribution in [1.82, 2.24) is 4.23 Å². The number of benzene rings is 1. The van der Waals surface area contributed by atoms with Crippen molar-refractivity contribution < 1.29 is 4.39 Å². The van der Waals surface area contributed by atoms with Crippen LogP contribution in [-0.2, 0) is 0 Å². The zero-order valence-corrected chi connectivity index (χ0v) is 14.4. The van der Waals surface area contributed by atoms with Gasteiger partial charge in [-0.15, -0.1) is 0 Å². The van der Waals surface area contributed by atoms with E-state index in [1.807, 2.05) is 6.07 Å². The third-order valence-corrected chi connectivity index (χ3v) is 11.6. The fourth-order valence-electron chi connectivity index (χ4n) is 4.31. The number of nitrogens with zero attached hydrogens (tertiary/aromatic N) is 1. The summed E-state index contributed by atoms with van der Waals surface area (Å²) >= 11 is 0. The van der Waals surface area contributed by atoms with Crippen LogP contribution in [0, 0.1) is 5.82 Å². The van der Waals surface area contributed by atoms with E-state index in [4.69, 9.17) is 0 Å². The molecule has 0 unspecified atom stereocenters. The molecule has 20 heavy (non-hydrogen) atoms. The number of hydrogen-bond donors (Lipinski definition) is 0. The Balaban J connectivity index is 2.82. The number of para-hydroxylation sites is 1. The molecule has 2 aromatic rings. The minimum absolute atomic E-state index is 0.0914. The van der Waals surface area contributed by atoms with E-state index in [1.54, 1.807) is 12.1 Å². The van der Waals surface area contributed by atoms with Gasteiger partial charge in [-0.1, -0.05) is 53.7 Å². The molecule has 0 spiro atoms. The Morgan fingerprint density at radius 3 is 1.95 bits per heavy atom. The SMILES string of the molecule is CC(C)[Si](C(C)C)(C(C)C)n1ccc2cccc(F)c21. The first-order valence-corrected chi connectivity index (χ1v) is 9.77. The molecule has 0 radical (unpaired) electrons. The average molecular weight is 291 g/mol. The summed E-state index contributed by atoms with van der Waals surface area (Å²) in [6, 6.07) is 7.45. The maximum absolute atomic E-state index is 14.4. The molecule has 0 N–H and O–H groups in total. The highest BCUT2D eigenvalue weighted by molar-refractivity contribution is 6.82. The molecule has 2 rings (SSSR count). The van der Waals surface area contributed by atoms with Crippen LogP contribution in [-0.4, -0.2) is 12.5 Å². The molecular weight excluding hydrogens is 265 g/mol. The van der Waals surface area contributed by atoms with E-state index in [9.17, 15) is 4.39 Å². The second kappa shape index (κ2) is 5.36. The summed E-state index contributed by atoms with van der Waals surface area (Å²) < 4.78 is 16.7. The first kappa shape index (κ1) is 15.3. The van der Waals surface area contributed by atoms with Crippen molar-refractivity contribution in [1.29, 1.82) is 0 Å². The molecule has 0 atom stereocenters. The van der Waals surface area contributed by atoms with E-state index in [0.29, 0.717) is 16.6 Å². The van der Waals surface area contributed by atoms with Gasteiger partial charge >= 0.3 is 0 Å². The van der Waals surface area contributed by atoms with Crippen LogP contribution in [0.2, 0.25) is 16.6 Å². The third kappa shape index (κ3) is 2.03.